The van der Waals surface area contributed by atoms with E-state index in [0.717, 1.165) is 24.0 Å². The first-order valence-corrected chi connectivity index (χ1v) is 7.34. The molecule has 1 nitrogen and oxygen atoms in total. The molecule has 0 amide bonds. The van der Waals surface area contributed by atoms with Gasteiger partial charge in [-0.05, 0) is 67.6 Å². The van der Waals surface area contributed by atoms with E-state index in [-0.39, 0.29) is 5.82 Å². The summed E-state index contributed by atoms with van der Waals surface area (Å²) in [7, 11) is 0. The van der Waals surface area contributed by atoms with Gasteiger partial charge in [-0.2, -0.15) is 0 Å². The molecule has 2 N–H and O–H groups in total. The third-order valence-electron chi connectivity index (χ3n) is 3.70. The highest BCUT2D eigenvalue weighted by molar-refractivity contribution is 5.73. The molecule has 2 rings (SSSR count). The van der Waals surface area contributed by atoms with Gasteiger partial charge < -0.3 is 5.73 Å². The Morgan fingerprint density at radius 2 is 1.76 bits per heavy atom. The van der Waals surface area contributed by atoms with Gasteiger partial charge in [-0.15, -0.1) is 0 Å². The maximum atomic E-state index is 13.9. The molecule has 2 aromatic rings. The molecule has 0 radical (unpaired) electrons. The molecule has 0 atom stereocenters. The van der Waals surface area contributed by atoms with Gasteiger partial charge in [-0.3, -0.25) is 0 Å². The molecule has 2 aromatic carbocycles. The fraction of sp³-hybridized carbons (Fsp3) is 0.263. The van der Waals surface area contributed by atoms with E-state index >= 15 is 0 Å². The number of halogens is 1. The first kappa shape index (κ1) is 15.5. The van der Waals surface area contributed by atoms with Crippen LogP contribution in [0.2, 0.25) is 0 Å². The van der Waals surface area contributed by atoms with Crippen LogP contribution in [0.3, 0.4) is 0 Å². The lowest BCUT2D eigenvalue weighted by molar-refractivity contribution is 0.624. The van der Waals surface area contributed by atoms with Crippen LogP contribution in [-0.4, -0.2) is 6.54 Å². The van der Waals surface area contributed by atoms with Crippen molar-refractivity contribution in [1.29, 1.82) is 0 Å². The van der Waals surface area contributed by atoms with E-state index in [1.165, 1.54) is 17.2 Å². The van der Waals surface area contributed by atoms with Crippen molar-refractivity contribution in [2.75, 3.05) is 6.54 Å². The molecule has 0 fully saturated rings. The Bertz CT molecular complexity index is 624. The smallest absolute Gasteiger partial charge is 0.130 e. The molecule has 0 spiro atoms. The molecule has 0 aliphatic heterocycles. The predicted octanol–water partition coefficient (Wildman–Crippen LogP) is 4.50. The summed E-state index contributed by atoms with van der Waals surface area (Å²) in [5, 5.41) is 0. The van der Waals surface area contributed by atoms with E-state index in [0.29, 0.717) is 12.1 Å². The Hall–Kier alpha value is -1.93. The van der Waals surface area contributed by atoms with Crippen molar-refractivity contribution in [3.63, 3.8) is 0 Å². The van der Waals surface area contributed by atoms with Crippen molar-refractivity contribution in [1.82, 2.24) is 0 Å². The Balaban J connectivity index is 2.28. The normalized spacial score (nSPS) is 11.2. The number of nitrogens with two attached hydrogens (primary N) is 1. The van der Waals surface area contributed by atoms with Crippen LogP contribution in [0.4, 0.5) is 4.39 Å². The molecule has 0 aliphatic rings. The zero-order valence-electron chi connectivity index (χ0n) is 12.7. The van der Waals surface area contributed by atoms with Gasteiger partial charge in [0.05, 0.1) is 0 Å². The summed E-state index contributed by atoms with van der Waals surface area (Å²) >= 11 is 0. The standard InChI is InChI=1S/C19H22FN/c1-14-5-3-6-15(2)18(14)10-9-17-13-16(7-4-12-21)8-11-19(17)20/h3,5-6,8-11,13H,4,7,12,21H2,1-2H3. The topological polar surface area (TPSA) is 26.0 Å². The van der Waals surface area contributed by atoms with Crippen LogP contribution < -0.4 is 5.73 Å². The highest BCUT2D eigenvalue weighted by Crippen LogP contribution is 2.19. The summed E-state index contributed by atoms with van der Waals surface area (Å²) in [4.78, 5) is 0. The molecule has 0 saturated carbocycles. The predicted molar refractivity (Wildman–Crippen MR) is 88.6 cm³/mol. The van der Waals surface area contributed by atoms with Crippen LogP contribution >= 0.6 is 0 Å². The molecule has 0 aliphatic carbocycles. The molecule has 21 heavy (non-hydrogen) atoms. The second kappa shape index (κ2) is 7.19. The Kier molecular flexibility index (Phi) is 5.29. The summed E-state index contributed by atoms with van der Waals surface area (Å²) in [6.45, 7) is 4.80. The van der Waals surface area contributed by atoms with Gasteiger partial charge in [0.1, 0.15) is 5.82 Å². The van der Waals surface area contributed by atoms with Gasteiger partial charge in [0, 0.05) is 5.56 Å². The van der Waals surface area contributed by atoms with Crippen molar-refractivity contribution in [3.05, 3.63) is 70.0 Å². The number of hydrogen-bond acceptors (Lipinski definition) is 1. The van der Waals surface area contributed by atoms with Crippen molar-refractivity contribution in [2.45, 2.75) is 26.7 Å². The number of rotatable bonds is 5. The van der Waals surface area contributed by atoms with Crippen LogP contribution in [0.25, 0.3) is 12.2 Å². The minimum atomic E-state index is -0.186. The Morgan fingerprint density at radius 3 is 2.43 bits per heavy atom. The molecular formula is C19H22FN. The van der Waals surface area contributed by atoms with Crippen LogP contribution in [0.15, 0.2) is 36.4 Å². The first-order chi connectivity index (χ1) is 10.1. The lowest BCUT2D eigenvalue weighted by Crippen LogP contribution is -2.00. The van der Waals surface area contributed by atoms with Crippen LogP contribution in [0.5, 0.6) is 0 Å². The van der Waals surface area contributed by atoms with Crippen molar-refractivity contribution >= 4 is 12.2 Å². The van der Waals surface area contributed by atoms with E-state index < -0.39 is 0 Å². The molecule has 0 bridgehead atoms. The molecule has 0 aromatic heterocycles. The van der Waals surface area contributed by atoms with E-state index in [9.17, 15) is 4.39 Å². The van der Waals surface area contributed by atoms with Crippen molar-refractivity contribution in [2.24, 2.45) is 5.73 Å². The molecule has 2 heteroatoms. The van der Waals surface area contributed by atoms with E-state index in [1.807, 2.05) is 30.4 Å². The average molecular weight is 283 g/mol. The number of hydrogen-bond donors (Lipinski definition) is 1. The lowest BCUT2D eigenvalue weighted by Gasteiger charge is -2.06. The summed E-state index contributed by atoms with van der Waals surface area (Å²) < 4.78 is 13.9. The Labute approximate surface area is 126 Å². The third kappa shape index (κ3) is 4.02. The maximum absolute atomic E-state index is 13.9. The highest BCUT2D eigenvalue weighted by Gasteiger charge is 2.02. The number of benzene rings is 2. The highest BCUT2D eigenvalue weighted by atomic mass is 19.1. The zero-order chi connectivity index (χ0) is 15.2. The second-order valence-corrected chi connectivity index (χ2v) is 5.39. The van der Waals surface area contributed by atoms with Crippen LogP contribution in [-0.2, 0) is 6.42 Å². The van der Waals surface area contributed by atoms with E-state index in [1.54, 1.807) is 0 Å². The van der Waals surface area contributed by atoms with Crippen molar-refractivity contribution in [3.8, 4) is 0 Å². The summed E-state index contributed by atoms with van der Waals surface area (Å²) in [6, 6.07) is 11.5. The molecule has 0 saturated heterocycles. The largest absolute Gasteiger partial charge is 0.330 e. The lowest BCUT2D eigenvalue weighted by atomic mass is 10.0. The molecule has 110 valence electrons. The quantitative estimate of drug-likeness (QED) is 0.803. The van der Waals surface area contributed by atoms with Gasteiger partial charge in [0.25, 0.3) is 0 Å². The van der Waals surface area contributed by atoms with Crippen LogP contribution in [0, 0.1) is 19.7 Å². The number of aryl methyl sites for hydroxylation is 3. The monoisotopic (exact) mass is 283 g/mol. The van der Waals surface area contributed by atoms with E-state index in [2.05, 4.69) is 26.0 Å². The molecular weight excluding hydrogens is 261 g/mol. The van der Waals surface area contributed by atoms with Gasteiger partial charge in [0.2, 0.25) is 0 Å². The van der Waals surface area contributed by atoms with Crippen molar-refractivity contribution < 1.29 is 4.39 Å². The summed E-state index contributed by atoms with van der Waals surface area (Å²) in [5.74, 6) is -0.186. The molecule has 0 unspecified atom stereocenters. The van der Waals surface area contributed by atoms with Gasteiger partial charge in [0.15, 0.2) is 0 Å². The Morgan fingerprint density at radius 1 is 1.05 bits per heavy atom. The molecule has 0 heterocycles. The van der Waals surface area contributed by atoms with Gasteiger partial charge in [-0.25, -0.2) is 4.39 Å². The first-order valence-electron chi connectivity index (χ1n) is 7.34. The summed E-state index contributed by atoms with van der Waals surface area (Å²) in [5.41, 5.74) is 10.8. The third-order valence-corrected chi connectivity index (χ3v) is 3.70. The summed E-state index contributed by atoms with van der Waals surface area (Å²) in [6.07, 6.45) is 5.67. The maximum Gasteiger partial charge on any atom is 0.130 e. The van der Waals surface area contributed by atoms with Crippen LogP contribution in [0.1, 0.15) is 34.2 Å². The van der Waals surface area contributed by atoms with E-state index in [4.69, 9.17) is 5.73 Å². The SMILES string of the molecule is Cc1cccc(C)c1C=Cc1cc(CCCN)ccc1F. The average Bonchev–Trinajstić information content (AvgIpc) is 2.47. The minimum absolute atomic E-state index is 0.186. The zero-order valence-corrected chi connectivity index (χ0v) is 12.7. The van der Waals surface area contributed by atoms with Gasteiger partial charge >= 0.3 is 0 Å². The second-order valence-electron chi connectivity index (χ2n) is 5.39. The fourth-order valence-electron chi connectivity index (χ4n) is 2.45. The van der Waals surface area contributed by atoms with Gasteiger partial charge in [-0.1, -0.05) is 36.4 Å². The fourth-order valence-corrected chi connectivity index (χ4v) is 2.45. The minimum Gasteiger partial charge on any atom is -0.330 e.